The molecule has 0 aromatic heterocycles. The van der Waals surface area contributed by atoms with Gasteiger partial charge in [-0.25, -0.2) is 0 Å². The van der Waals surface area contributed by atoms with Crippen LogP contribution in [0.5, 0.6) is 11.5 Å². The van der Waals surface area contributed by atoms with Gasteiger partial charge in [0.1, 0.15) is 6.04 Å². The van der Waals surface area contributed by atoms with E-state index in [9.17, 15) is 20.0 Å². The van der Waals surface area contributed by atoms with Gasteiger partial charge in [-0.1, -0.05) is 0 Å². The van der Waals surface area contributed by atoms with Crippen molar-refractivity contribution in [3.63, 3.8) is 0 Å². The number of rotatable bonds is 5. The second-order valence-electron chi connectivity index (χ2n) is 4.35. The van der Waals surface area contributed by atoms with Crippen LogP contribution in [0.1, 0.15) is 17.9 Å². The van der Waals surface area contributed by atoms with E-state index >= 15 is 0 Å². The number of aliphatic carboxylic acids is 1. The molecule has 0 radical (unpaired) electrons. The van der Waals surface area contributed by atoms with Crippen molar-refractivity contribution >= 4 is 23.4 Å². The van der Waals surface area contributed by atoms with Crippen LogP contribution in [0.15, 0.2) is 12.1 Å². The largest absolute Gasteiger partial charge is 0.500 e. The number of phenols is 1. The number of carbonyl (C=O) groups is 1. The molecule has 1 aliphatic rings. The Morgan fingerprint density at radius 1 is 1.62 bits per heavy atom. The first-order valence-electron chi connectivity index (χ1n) is 6.18. The Morgan fingerprint density at radius 2 is 2.33 bits per heavy atom. The summed E-state index contributed by atoms with van der Waals surface area (Å²) in [5.74, 6) is -1.12. The third-order valence-corrected chi connectivity index (χ3v) is 4.22. The minimum Gasteiger partial charge on any atom is -0.500 e. The van der Waals surface area contributed by atoms with Gasteiger partial charge in [-0.05, 0) is 18.6 Å². The summed E-state index contributed by atoms with van der Waals surface area (Å²) in [7, 11) is 0. The van der Waals surface area contributed by atoms with E-state index in [0.717, 1.165) is 0 Å². The summed E-state index contributed by atoms with van der Waals surface area (Å²) < 4.78 is 5.19. The SMILES string of the molecule is CCOc1cc([C@@H]2N[C@H](C(=O)O)CS2)cc([N+](=O)[O-])c1O. The molecule has 3 N–H and O–H groups in total. The highest BCUT2D eigenvalue weighted by molar-refractivity contribution is 7.99. The molecule has 2 atom stereocenters. The van der Waals surface area contributed by atoms with Gasteiger partial charge >= 0.3 is 11.7 Å². The van der Waals surface area contributed by atoms with Crippen LogP contribution in [0.4, 0.5) is 5.69 Å². The quantitative estimate of drug-likeness (QED) is 0.552. The van der Waals surface area contributed by atoms with Gasteiger partial charge in [0.05, 0.1) is 16.9 Å². The molecule has 0 spiro atoms. The van der Waals surface area contributed by atoms with E-state index < -0.39 is 33.7 Å². The Balaban J connectivity index is 2.35. The number of benzene rings is 1. The molecule has 1 aromatic rings. The fourth-order valence-corrected chi connectivity index (χ4v) is 3.19. The molecule has 0 unspecified atom stereocenters. The fraction of sp³-hybridized carbons (Fsp3) is 0.417. The van der Waals surface area contributed by atoms with Gasteiger partial charge in [0.2, 0.25) is 5.75 Å². The topological polar surface area (TPSA) is 122 Å². The average Bonchev–Trinajstić information content (AvgIpc) is 2.90. The van der Waals surface area contributed by atoms with E-state index in [1.165, 1.54) is 23.9 Å². The van der Waals surface area contributed by atoms with E-state index in [2.05, 4.69) is 5.32 Å². The predicted molar refractivity (Wildman–Crippen MR) is 75.7 cm³/mol. The van der Waals surface area contributed by atoms with Crippen molar-refractivity contribution in [3.8, 4) is 11.5 Å². The summed E-state index contributed by atoms with van der Waals surface area (Å²) in [5, 5.41) is 32.2. The molecule has 21 heavy (non-hydrogen) atoms. The monoisotopic (exact) mass is 314 g/mol. The van der Waals surface area contributed by atoms with Crippen molar-refractivity contribution in [1.29, 1.82) is 0 Å². The minimum atomic E-state index is -0.969. The zero-order valence-electron chi connectivity index (χ0n) is 11.1. The van der Waals surface area contributed by atoms with Crippen LogP contribution in [0.25, 0.3) is 0 Å². The summed E-state index contributed by atoms with van der Waals surface area (Å²) in [6.45, 7) is 1.94. The zero-order chi connectivity index (χ0) is 15.6. The standard InChI is InChI=1S/C12H14N2O6S/c1-2-20-9-4-6(3-8(10(9)15)14(18)19)11-13-7(5-21-11)12(16)17/h3-4,7,11,13,15H,2,5H2,1H3,(H,16,17)/t7-,11+/m0/s1. The lowest BCUT2D eigenvalue weighted by Gasteiger charge is -2.14. The maximum absolute atomic E-state index is 11.0. The van der Waals surface area contributed by atoms with Gasteiger partial charge in [0, 0.05) is 11.8 Å². The minimum absolute atomic E-state index is 0.0166. The van der Waals surface area contributed by atoms with Crippen molar-refractivity contribution in [3.05, 3.63) is 27.8 Å². The first kappa shape index (κ1) is 15.4. The summed E-state index contributed by atoms with van der Waals surface area (Å²) in [6, 6.07) is 2.01. The lowest BCUT2D eigenvalue weighted by atomic mass is 10.1. The Labute approximate surface area is 124 Å². The molecule has 1 aliphatic heterocycles. The number of nitrogens with zero attached hydrogens (tertiary/aromatic N) is 1. The number of nitro benzene ring substituents is 1. The van der Waals surface area contributed by atoms with Gasteiger partial charge in [-0.15, -0.1) is 11.8 Å². The second kappa shape index (κ2) is 6.19. The van der Waals surface area contributed by atoms with Gasteiger partial charge in [0.15, 0.2) is 5.75 Å². The molecule has 0 saturated carbocycles. The second-order valence-corrected chi connectivity index (χ2v) is 5.49. The lowest BCUT2D eigenvalue weighted by Crippen LogP contribution is -2.33. The number of nitrogens with one attached hydrogen (secondary N) is 1. The molecule has 0 amide bonds. The van der Waals surface area contributed by atoms with E-state index in [1.807, 2.05) is 0 Å². The average molecular weight is 314 g/mol. The number of thioether (sulfide) groups is 1. The normalized spacial score (nSPS) is 21.2. The Hall–Kier alpha value is -2.00. The highest BCUT2D eigenvalue weighted by Gasteiger charge is 2.32. The molecular formula is C12H14N2O6S. The first-order valence-corrected chi connectivity index (χ1v) is 7.23. The number of phenolic OH excluding ortho intramolecular Hbond substituents is 1. The van der Waals surface area contributed by atoms with E-state index in [0.29, 0.717) is 11.3 Å². The summed E-state index contributed by atoms with van der Waals surface area (Å²) in [4.78, 5) is 21.2. The smallest absolute Gasteiger partial charge is 0.321 e. The number of ether oxygens (including phenoxy) is 1. The lowest BCUT2D eigenvalue weighted by molar-refractivity contribution is -0.386. The van der Waals surface area contributed by atoms with E-state index in [1.54, 1.807) is 6.92 Å². The molecular weight excluding hydrogens is 300 g/mol. The van der Waals surface area contributed by atoms with Crippen molar-refractivity contribution < 1.29 is 24.7 Å². The molecule has 2 rings (SSSR count). The van der Waals surface area contributed by atoms with E-state index in [4.69, 9.17) is 9.84 Å². The number of hydrogen-bond acceptors (Lipinski definition) is 7. The van der Waals surface area contributed by atoms with Crippen molar-refractivity contribution in [2.75, 3.05) is 12.4 Å². The van der Waals surface area contributed by atoms with Gasteiger partial charge in [0.25, 0.3) is 0 Å². The molecule has 1 fully saturated rings. The van der Waals surface area contributed by atoms with Crippen LogP contribution in [-0.4, -0.2) is 39.5 Å². The highest BCUT2D eigenvalue weighted by Crippen LogP contribution is 2.42. The summed E-state index contributed by atoms with van der Waals surface area (Å²) in [6.07, 6.45) is 0. The molecule has 1 aromatic carbocycles. The molecule has 9 heteroatoms. The molecule has 1 heterocycles. The van der Waals surface area contributed by atoms with Gasteiger partial charge < -0.3 is 14.9 Å². The zero-order valence-corrected chi connectivity index (χ0v) is 11.9. The van der Waals surface area contributed by atoms with Crippen LogP contribution in [-0.2, 0) is 4.79 Å². The molecule has 114 valence electrons. The molecule has 1 saturated heterocycles. The molecule has 0 bridgehead atoms. The maximum Gasteiger partial charge on any atom is 0.321 e. The highest BCUT2D eigenvalue weighted by atomic mass is 32.2. The number of aromatic hydroxyl groups is 1. The Morgan fingerprint density at radius 3 is 2.86 bits per heavy atom. The number of carboxylic acids is 1. The number of carboxylic acid groups (broad SMARTS) is 1. The van der Waals surface area contributed by atoms with Crippen molar-refractivity contribution in [2.24, 2.45) is 0 Å². The van der Waals surface area contributed by atoms with Gasteiger partial charge in [-0.2, -0.15) is 0 Å². The van der Waals surface area contributed by atoms with Crippen LogP contribution in [0.2, 0.25) is 0 Å². The summed E-state index contributed by atoms with van der Waals surface area (Å²) in [5.41, 5.74) is 0.0359. The van der Waals surface area contributed by atoms with Gasteiger partial charge in [-0.3, -0.25) is 20.2 Å². The van der Waals surface area contributed by atoms with Crippen molar-refractivity contribution in [2.45, 2.75) is 18.3 Å². The van der Waals surface area contributed by atoms with E-state index in [-0.39, 0.29) is 12.4 Å². The maximum atomic E-state index is 11.0. The molecule has 0 aliphatic carbocycles. The van der Waals surface area contributed by atoms with Crippen LogP contribution in [0.3, 0.4) is 0 Å². The third-order valence-electron chi connectivity index (χ3n) is 2.96. The third kappa shape index (κ3) is 3.19. The van der Waals surface area contributed by atoms with Crippen molar-refractivity contribution in [1.82, 2.24) is 5.32 Å². The van der Waals surface area contributed by atoms with Crippen LogP contribution >= 0.6 is 11.8 Å². The first-order chi connectivity index (χ1) is 9.93. The van der Waals surface area contributed by atoms with Crippen LogP contribution < -0.4 is 10.1 Å². The number of hydrogen-bond donors (Lipinski definition) is 3. The summed E-state index contributed by atoms with van der Waals surface area (Å²) >= 11 is 1.33. The molecule has 8 nitrogen and oxygen atoms in total. The fourth-order valence-electron chi connectivity index (χ4n) is 1.98. The Bertz CT molecular complexity index is 579. The predicted octanol–water partition coefficient (Wildman–Crippen LogP) is 1.49. The van der Waals surface area contributed by atoms with Crippen LogP contribution in [0, 0.1) is 10.1 Å². The Kier molecular flexibility index (Phi) is 4.53. The number of nitro groups is 1.